The van der Waals surface area contributed by atoms with E-state index in [2.05, 4.69) is 17.1 Å². The van der Waals surface area contributed by atoms with Crippen LogP contribution in [0.4, 0.5) is 0 Å². The highest BCUT2D eigenvalue weighted by Gasteiger charge is 2.39. The number of amides is 1. The molecule has 2 aromatic rings. The zero-order valence-corrected chi connectivity index (χ0v) is 14.7. The second-order valence-electron chi connectivity index (χ2n) is 6.26. The van der Waals surface area contributed by atoms with Crippen LogP contribution in [0.15, 0.2) is 42.7 Å². The van der Waals surface area contributed by atoms with Crippen LogP contribution < -0.4 is 0 Å². The van der Waals surface area contributed by atoms with Crippen molar-refractivity contribution in [2.45, 2.75) is 31.5 Å². The molecule has 0 unspecified atom stereocenters. The van der Waals surface area contributed by atoms with E-state index in [1.54, 1.807) is 29.9 Å². The molecule has 1 fully saturated rings. The Bertz CT molecular complexity index is 681. The predicted octanol–water partition coefficient (Wildman–Crippen LogP) is 2.15. The fourth-order valence-corrected chi connectivity index (χ4v) is 4.15. The summed E-state index contributed by atoms with van der Waals surface area (Å²) in [7, 11) is 1.74. The molecule has 128 valence electrons. The van der Waals surface area contributed by atoms with E-state index in [4.69, 9.17) is 0 Å². The van der Waals surface area contributed by atoms with Crippen LogP contribution in [-0.4, -0.2) is 49.6 Å². The van der Waals surface area contributed by atoms with Crippen molar-refractivity contribution in [2.75, 3.05) is 18.6 Å². The number of thioether (sulfide) groups is 1. The largest absolute Gasteiger partial charge is 0.380 e. The summed E-state index contributed by atoms with van der Waals surface area (Å²) in [5.41, 5.74) is -0.0229. The summed E-state index contributed by atoms with van der Waals surface area (Å²) in [4.78, 5) is 18.6. The molecule has 1 saturated heterocycles. The van der Waals surface area contributed by atoms with Crippen molar-refractivity contribution in [1.82, 2.24) is 14.5 Å². The van der Waals surface area contributed by atoms with Crippen LogP contribution in [0.2, 0.25) is 0 Å². The molecule has 1 N–H and O–H groups in total. The summed E-state index contributed by atoms with van der Waals surface area (Å²) < 4.78 is 2.04. The van der Waals surface area contributed by atoms with Gasteiger partial charge in [0, 0.05) is 26.0 Å². The molecule has 3 rings (SSSR count). The van der Waals surface area contributed by atoms with E-state index < -0.39 is 5.60 Å². The third kappa shape index (κ3) is 3.82. The monoisotopic (exact) mass is 345 g/mol. The van der Waals surface area contributed by atoms with E-state index in [0.29, 0.717) is 19.4 Å². The molecule has 0 bridgehead atoms. The molecule has 5 nitrogen and oxygen atoms in total. The predicted molar refractivity (Wildman–Crippen MR) is 95.8 cm³/mol. The number of aliphatic hydroxyl groups is 1. The van der Waals surface area contributed by atoms with E-state index in [9.17, 15) is 9.90 Å². The number of carbonyl (C=O) groups excluding carboxylic acids is 1. The quantitative estimate of drug-likeness (QED) is 0.902. The number of likely N-dealkylation sites (N-methyl/N-ethyl adjacent to an activating group) is 1. The summed E-state index contributed by atoms with van der Waals surface area (Å²) in [5, 5.41) is 10.6. The molecule has 6 heteroatoms. The number of imidazole rings is 1. The van der Waals surface area contributed by atoms with Crippen molar-refractivity contribution in [2.24, 2.45) is 0 Å². The fourth-order valence-electron chi connectivity index (χ4n) is 2.98. The van der Waals surface area contributed by atoms with Gasteiger partial charge >= 0.3 is 0 Å². The lowest BCUT2D eigenvalue weighted by molar-refractivity contribution is -0.151. The Kier molecular flexibility index (Phi) is 5.26. The average Bonchev–Trinajstić information content (AvgIpc) is 3.02. The fraction of sp³-hybridized carbons (Fsp3) is 0.444. The molecular formula is C18H23N3O2S. The van der Waals surface area contributed by atoms with E-state index in [0.717, 1.165) is 23.9 Å². The van der Waals surface area contributed by atoms with Gasteiger partial charge < -0.3 is 14.6 Å². The molecule has 1 aromatic heterocycles. The third-order valence-electron chi connectivity index (χ3n) is 4.44. The Hall–Kier alpha value is -1.79. The minimum atomic E-state index is -1.21. The van der Waals surface area contributed by atoms with E-state index in [1.807, 2.05) is 29.0 Å². The Morgan fingerprint density at radius 2 is 2.04 bits per heavy atom. The van der Waals surface area contributed by atoms with Crippen LogP contribution in [0.1, 0.15) is 24.2 Å². The van der Waals surface area contributed by atoms with Crippen molar-refractivity contribution in [1.29, 1.82) is 0 Å². The summed E-state index contributed by atoms with van der Waals surface area (Å²) in [5.74, 6) is 2.29. The van der Waals surface area contributed by atoms with Crippen molar-refractivity contribution in [3.63, 3.8) is 0 Å². The highest BCUT2D eigenvalue weighted by molar-refractivity contribution is 7.99. The van der Waals surface area contributed by atoms with Crippen molar-refractivity contribution < 1.29 is 9.90 Å². The molecule has 0 radical (unpaired) electrons. The van der Waals surface area contributed by atoms with Gasteiger partial charge in [0.2, 0.25) is 0 Å². The zero-order valence-electron chi connectivity index (χ0n) is 13.9. The highest BCUT2D eigenvalue weighted by atomic mass is 32.2. The number of aromatic nitrogens is 2. The lowest BCUT2D eigenvalue weighted by Gasteiger charge is -2.33. The lowest BCUT2D eigenvalue weighted by Crippen LogP contribution is -2.49. The molecule has 0 spiro atoms. The van der Waals surface area contributed by atoms with Crippen molar-refractivity contribution in [3.05, 3.63) is 54.1 Å². The van der Waals surface area contributed by atoms with Gasteiger partial charge in [-0.05, 0) is 29.9 Å². The Labute approximate surface area is 146 Å². The number of nitrogens with zero attached hydrogens (tertiary/aromatic N) is 3. The minimum absolute atomic E-state index is 0.197. The summed E-state index contributed by atoms with van der Waals surface area (Å²) in [6.07, 6.45) is 4.73. The number of hydrogen-bond acceptors (Lipinski definition) is 4. The van der Waals surface area contributed by atoms with Gasteiger partial charge in [0.25, 0.3) is 5.91 Å². The standard InChI is InChI=1S/C18H23N3O2S/c1-20(17(22)18(23)7-11-24-12-8-18)14-16-19-9-10-21(16)13-15-5-3-2-4-6-15/h2-6,9-10,23H,7-8,11-14H2,1H3. The first-order valence-corrected chi connectivity index (χ1v) is 9.33. The normalized spacial score (nSPS) is 16.8. The Balaban J connectivity index is 1.68. The van der Waals surface area contributed by atoms with Crippen LogP contribution in [0.3, 0.4) is 0 Å². The molecular weight excluding hydrogens is 322 g/mol. The third-order valence-corrected chi connectivity index (χ3v) is 5.43. The Morgan fingerprint density at radius 3 is 2.75 bits per heavy atom. The topological polar surface area (TPSA) is 58.4 Å². The van der Waals surface area contributed by atoms with Crippen LogP contribution in [0, 0.1) is 0 Å². The van der Waals surface area contributed by atoms with Crippen molar-refractivity contribution >= 4 is 17.7 Å². The molecule has 0 atom stereocenters. The van der Waals surface area contributed by atoms with E-state index >= 15 is 0 Å². The SMILES string of the molecule is CN(Cc1nccn1Cc1ccccc1)C(=O)C1(O)CCSCC1. The summed E-state index contributed by atoms with van der Waals surface area (Å²) in [6.45, 7) is 1.12. The van der Waals surface area contributed by atoms with Gasteiger partial charge in [-0.25, -0.2) is 4.98 Å². The first kappa shape index (κ1) is 17.0. The number of rotatable bonds is 5. The zero-order chi connectivity index (χ0) is 17.0. The average molecular weight is 345 g/mol. The first-order valence-electron chi connectivity index (χ1n) is 8.18. The number of hydrogen-bond donors (Lipinski definition) is 1. The number of benzene rings is 1. The molecule has 1 aromatic carbocycles. The van der Waals surface area contributed by atoms with Gasteiger partial charge in [0.1, 0.15) is 11.4 Å². The van der Waals surface area contributed by atoms with Gasteiger partial charge in [0.05, 0.1) is 6.54 Å². The van der Waals surface area contributed by atoms with E-state index in [-0.39, 0.29) is 5.91 Å². The van der Waals surface area contributed by atoms with E-state index in [1.165, 1.54) is 5.56 Å². The summed E-state index contributed by atoms with van der Waals surface area (Å²) in [6, 6.07) is 10.2. The van der Waals surface area contributed by atoms with Crippen LogP contribution in [0.25, 0.3) is 0 Å². The van der Waals surface area contributed by atoms with Gasteiger partial charge in [-0.1, -0.05) is 30.3 Å². The molecule has 0 aliphatic carbocycles. The maximum Gasteiger partial charge on any atom is 0.254 e. The molecule has 24 heavy (non-hydrogen) atoms. The molecule has 2 heterocycles. The summed E-state index contributed by atoms with van der Waals surface area (Å²) >= 11 is 1.79. The molecule has 1 amide bonds. The first-order chi connectivity index (χ1) is 11.6. The van der Waals surface area contributed by atoms with Crippen LogP contribution in [0.5, 0.6) is 0 Å². The smallest absolute Gasteiger partial charge is 0.254 e. The maximum atomic E-state index is 12.6. The maximum absolute atomic E-state index is 12.6. The van der Waals surface area contributed by atoms with Gasteiger partial charge in [-0.3, -0.25) is 4.79 Å². The lowest BCUT2D eigenvalue weighted by atomic mass is 9.95. The molecule has 1 aliphatic rings. The number of carbonyl (C=O) groups is 1. The highest BCUT2D eigenvalue weighted by Crippen LogP contribution is 2.28. The van der Waals surface area contributed by atoms with Crippen LogP contribution in [-0.2, 0) is 17.9 Å². The van der Waals surface area contributed by atoms with Gasteiger partial charge in [-0.2, -0.15) is 11.8 Å². The second-order valence-corrected chi connectivity index (χ2v) is 7.49. The molecule has 1 aliphatic heterocycles. The molecule has 0 saturated carbocycles. The second kappa shape index (κ2) is 7.40. The van der Waals surface area contributed by atoms with Gasteiger partial charge in [0.15, 0.2) is 0 Å². The van der Waals surface area contributed by atoms with Gasteiger partial charge in [-0.15, -0.1) is 0 Å². The van der Waals surface area contributed by atoms with Crippen molar-refractivity contribution in [3.8, 4) is 0 Å². The Morgan fingerprint density at radius 1 is 1.33 bits per heavy atom. The minimum Gasteiger partial charge on any atom is -0.380 e. The van der Waals surface area contributed by atoms with Crippen LogP contribution >= 0.6 is 11.8 Å².